The Hall–Kier alpha value is -1.95. The van der Waals surface area contributed by atoms with Gasteiger partial charge in [0.2, 0.25) is 5.91 Å². The molecule has 2 rings (SSSR count). The van der Waals surface area contributed by atoms with Crippen LogP contribution in [0.1, 0.15) is 19.2 Å². The molecule has 6 heteroatoms. The van der Waals surface area contributed by atoms with Gasteiger partial charge in [0, 0.05) is 26.1 Å². The molecule has 0 saturated carbocycles. The van der Waals surface area contributed by atoms with Gasteiger partial charge < -0.3 is 15.6 Å². The number of imidazole rings is 1. The minimum atomic E-state index is -0.468. The lowest BCUT2D eigenvalue weighted by Gasteiger charge is -2.09. The Bertz CT molecular complexity index is 623. The van der Waals surface area contributed by atoms with Crippen LogP contribution in [0.4, 0.5) is 4.39 Å². The Morgan fingerprint density at radius 2 is 2.30 bits per heavy atom. The first-order valence-corrected chi connectivity index (χ1v) is 6.67. The summed E-state index contributed by atoms with van der Waals surface area (Å²) in [5.74, 6) is 0.345. The van der Waals surface area contributed by atoms with E-state index in [0.717, 1.165) is 11.3 Å². The minimum Gasteiger partial charge on any atom is -0.354 e. The van der Waals surface area contributed by atoms with Gasteiger partial charge >= 0.3 is 0 Å². The smallest absolute Gasteiger partial charge is 0.236 e. The number of carbonyl (C=O) groups excluding carboxylic acids is 1. The first-order valence-electron chi connectivity index (χ1n) is 6.67. The summed E-state index contributed by atoms with van der Waals surface area (Å²) in [7, 11) is 1.88. The van der Waals surface area contributed by atoms with Crippen molar-refractivity contribution in [2.75, 3.05) is 6.54 Å². The first-order chi connectivity index (χ1) is 9.52. The third-order valence-electron chi connectivity index (χ3n) is 3.36. The molecule has 0 radical (unpaired) electrons. The van der Waals surface area contributed by atoms with Crippen LogP contribution in [0.3, 0.4) is 0 Å². The molecule has 0 aliphatic heterocycles. The average Bonchev–Trinajstić information content (AvgIpc) is 2.73. The highest BCUT2D eigenvalue weighted by molar-refractivity contribution is 5.81. The summed E-state index contributed by atoms with van der Waals surface area (Å²) >= 11 is 0. The zero-order valence-electron chi connectivity index (χ0n) is 11.7. The lowest BCUT2D eigenvalue weighted by Crippen LogP contribution is -2.40. The summed E-state index contributed by atoms with van der Waals surface area (Å²) in [5, 5.41) is 2.77. The second-order valence-electron chi connectivity index (χ2n) is 4.78. The number of fused-ring (bicyclic) bond motifs is 1. The number of aromatic nitrogens is 2. The van der Waals surface area contributed by atoms with Gasteiger partial charge in [0.1, 0.15) is 11.6 Å². The number of halogens is 1. The average molecular weight is 278 g/mol. The Kier molecular flexibility index (Phi) is 4.34. The van der Waals surface area contributed by atoms with Crippen LogP contribution in [0, 0.1) is 5.82 Å². The van der Waals surface area contributed by atoms with E-state index in [1.54, 1.807) is 6.07 Å². The molecule has 1 aromatic heterocycles. The van der Waals surface area contributed by atoms with Crippen LogP contribution in [0.15, 0.2) is 18.2 Å². The normalized spacial score (nSPS) is 12.6. The van der Waals surface area contributed by atoms with Crippen molar-refractivity contribution in [3.63, 3.8) is 0 Å². The fourth-order valence-electron chi connectivity index (χ4n) is 2.06. The van der Waals surface area contributed by atoms with E-state index in [-0.39, 0.29) is 11.7 Å². The SMILES string of the molecule is CC[C@H](N)C(=O)NCCc1nc2cc(F)ccc2n1C. The largest absolute Gasteiger partial charge is 0.354 e. The zero-order chi connectivity index (χ0) is 14.7. The fourth-order valence-corrected chi connectivity index (χ4v) is 2.06. The van der Waals surface area contributed by atoms with Gasteiger partial charge in [-0.1, -0.05) is 6.92 Å². The van der Waals surface area contributed by atoms with Crippen LogP contribution in [-0.4, -0.2) is 28.0 Å². The van der Waals surface area contributed by atoms with Crippen molar-refractivity contribution in [3.05, 3.63) is 29.8 Å². The third-order valence-corrected chi connectivity index (χ3v) is 3.36. The van der Waals surface area contributed by atoms with Gasteiger partial charge in [-0.3, -0.25) is 4.79 Å². The van der Waals surface area contributed by atoms with E-state index < -0.39 is 6.04 Å². The van der Waals surface area contributed by atoms with Crippen molar-refractivity contribution in [1.29, 1.82) is 0 Å². The number of hydrogen-bond donors (Lipinski definition) is 2. The van der Waals surface area contributed by atoms with E-state index in [4.69, 9.17) is 5.73 Å². The molecule has 108 valence electrons. The van der Waals surface area contributed by atoms with Gasteiger partial charge in [0.05, 0.1) is 17.1 Å². The van der Waals surface area contributed by atoms with E-state index >= 15 is 0 Å². The van der Waals surface area contributed by atoms with Crippen molar-refractivity contribution < 1.29 is 9.18 Å². The third kappa shape index (κ3) is 2.96. The highest BCUT2D eigenvalue weighted by Crippen LogP contribution is 2.16. The summed E-state index contributed by atoms with van der Waals surface area (Å²) in [4.78, 5) is 15.9. The highest BCUT2D eigenvalue weighted by Gasteiger charge is 2.12. The number of carbonyl (C=O) groups is 1. The molecule has 0 unspecified atom stereocenters. The maximum Gasteiger partial charge on any atom is 0.236 e. The van der Waals surface area contributed by atoms with Crippen LogP contribution < -0.4 is 11.1 Å². The van der Waals surface area contributed by atoms with Gasteiger partial charge in [0.15, 0.2) is 0 Å². The lowest BCUT2D eigenvalue weighted by molar-refractivity contribution is -0.122. The van der Waals surface area contributed by atoms with Crippen molar-refractivity contribution in [3.8, 4) is 0 Å². The molecular weight excluding hydrogens is 259 g/mol. The number of rotatable bonds is 5. The van der Waals surface area contributed by atoms with Crippen LogP contribution in [0.2, 0.25) is 0 Å². The Morgan fingerprint density at radius 1 is 1.55 bits per heavy atom. The van der Waals surface area contributed by atoms with Gasteiger partial charge in [-0.15, -0.1) is 0 Å². The Balaban J connectivity index is 2.03. The maximum absolute atomic E-state index is 13.1. The zero-order valence-corrected chi connectivity index (χ0v) is 11.7. The molecule has 0 saturated heterocycles. The van der Waals surface area contributed by atoms with Crippen molar-refractivity contribution >= 4 is 16.9 Å². The molecular formula is C14H19FN4O. The van der Waals surface area contributed by atoms with Crippen LogP contribution in [0.25, 0.3) is 11.0 Å². The van der Waals surface area contributed by atoms with E-state index in [2.05, 4.69) is 10.3 Å². The molecule has 0 spiro atoms. The second-order valence-corrected chi connectivity index (χ2v) is 4.78. The molecule has 5 nitrogen and oxygen atoms in total. The van der Waals surface area contributed by atoms with E-state index in [0.29, 0.717) is 24.9 Å². The fraction of sp³-hybridized carbons (Fsp3) is 0.429. The molecule has 1 heterocycles. The van der Waals surface area contributed by atoms with E-state index in [1.165, 1.54) is 12.1 Å². The van der Waals surface area contributed by atoms with Crippen LogP contribution >= 0.6 is 0 Å². The maximum atomic E-state index is 13.1. The highest BCUT2D eigenvalue weighted by atomic mass is 19.1. The predicted molar refractivity (Wildman–Crippen MR) is 75.7 cm³/mol. The Morgan fingerprint density at radius 3 is 3.00 bits per heavy atom. The molecule has 1 atom stereocenters. The lowest BCUT2D eigenvalue weighted by atomic mass is 10.2. The standard InChI is InChI=1S/C14H19FN4O/c1-3-10(16)14(20)17-7-6-13-18-11-8-9(15)4-5-12(11)19(13)2/h4-5,8,10H,3,6-7,16H2,1-2H3,(H,17,20)/t10-/m0/s1. The molecule has 3 N–H and O–H groups in total. The molecule has 0 fully saturated rings. The van der Waals surface area contributed by atoms with Crippen molar-refractivity contribution in [2.24, 2.45) is 12.8 Å². The monoisotopic (exact) mass is 278 g/mol. The molecule has 0 aliphatic rings. The van der Waals surface area contributed by atoms with Gasteiger partial charge in [0.25, 0.3) is 0 Å². The number of nitrogens with zero attached hydrogens (tertiary/aromatic N) is 2. The predicted octanol–water partition coefficient (Wildman–Crippen LogP) is 1.11. The first kappa shape index (κ1) is 14.5. The topological polar surface area (TPSA) is 72.9 Å². The van der Waals surface area contributed by atoms with Crippen molar-refractivity contribution in [1.82, 2.24) is 14.9 Å². The van der Waals surface area contributed by atoms with E-state index in [1.807, 2.05) is 18.5 Å². The van der Waals surface area contributed by atoms with Crippen molar-refractivity contribution in [2.45, 2.75) is 25.8 Å². The number of aryl methyl sites for hydroxylation is 1. The number of benzene rings is 1. The number of amides is 1. The molecule has 1 aromatic carbocycles. The summed E-state index contributed by atoms with van der Waals surface area (Å²) in [6, 6.07) is 4.05. The van der Waals surface area contributed by atoms with Gasteiger partial charge in [-0.2, -0.15) is 0 Å². The number of nitrogens with one attached hydrogen (secondary N) is 1. The van der Waals surface area contributed by atoms with Gasteiger partial charge in [-0.05, 0) is 18.6 Å². The molecule has 0 bridgehead atoms. The van der Waals surface area contributed by atoms with E-state index in [9.17, 15) is 9.18 Å². The minimum absolute atomic E-state index is 0.155. The molecule has 1 amide bonds. The summed E-state index contributed by atoms with van der Waals surface area (Å²) in [5.41, 5.74) is 7.13. The molecule has 2 aromatic rings. The second kappa shape index (κ2) is 6.00. The summed E-state index contributed by atoms with van der Waals surface area (Å²) < 4.78 is 15.0. The van der Waals surface area contributed by atoms with Gasteiger partial charge in [-0.25, -0.2) is 9.37 Å². The van der Waals surface area contributed by atoms with Crippen LogP contribution in [0.5, 0.6) is 0 Å². The molecule has 20 heavy (non-hydrogen) atoms. The number of nitrogens with two attached hydrogens (primary N) is 1. The number of hydrogen-bond acceptors (Lipinski definition) is 3. The Labute approximate surface area is 117 Å². The molecule has 0 aliphatic carbocycles. The quantitative estimate of drug-likeness (QED) is 0.860. The summed E-state index contributed by atoms with van der Waals surface area (Å²) in [6.07, 6.45) is 1.19. The summed E-state index contributed by atoms with van der Waals surface area (Å²) in [6.45, 7) is 2.33. The van der Waals surface area contributed by atoms with Crippen LogP contribution in [-0.2, 0) is 18.3 Å².